The number of fused-ring (bicyclic) bond motifs is 2. The van der Waals surface area contributed by atoms with E-state index in [2.05, 4.69) is 26.1 Å². The Morgan fingerprint density at radius 2 is 1.76 bits per heavy atom. The van der Waals surface area contributed by atoms with Crippen LogP contribution in [0.15, 0.2) is 54.6 Å². The zero-order chi connectivity index (χ0) is 32.7. The van der Waals surface area contributed by atoms with Gasteiger partial charge in [-0.2, -0.15) is 0 Å². The Morgan fingerprint density at radius 3 is 2.42 bits per heavy atom. The van der Waals surface area contributed by atoms with Crippen molar-refractivity contribution in [3.8, 4) is 0 Å². The number of aliphatic hydroxyl groups excluding tert-OH is 1. The number of allylic oxidation sites excluding steroid dienone is 1. The van der Waals surface area contributed by atoms with E-state index in [4.69, 9.17) is 9.47 Å². The van der Waals surface area contributed by atoms with E-state index in [1.54, 1.807) is 24.0 Å². The number of benzene rings is 1. The predicted molar refractivity (Wildman–Crippen MR) is 167 cm³/mol. The van der Waals surface area contributed by atoms with E-state index >= 15 is 4.79 Å². The van der Waals surface area contributed by atoms with Crippen LogP contribution in [-0.2, 0) is 28.7 Å². The van der Waals surface area contributed by atoms with Crippen LogP contribution in [0.3, 0.4) is 0 Å². The molecule has 0 aliphatic carbocycles. The summed E-state index contributed by atoms with van der Waals surface area (Å²) in [6.45, 7) is 12.0. The minimum atomic E-state index is -1.42. The second-order valence-electron chi connectivity index (χ2n) is 14.6. The minimum Gasteiger partial charge on any atom is -0.460 e. The first-order valence-electron chi connectivity index (χ1n) is 16.0. The number of hydrogen-bond donors (Lipinski definition) is 2. The third kappa shape index (κ3) is 6.19. The molecule has 244 valence electrons. The Labute approximate surface area is 265 Å². The van der Waals surface area contributed by atoms with Crippen molar-refractivity contribution in [2.45, 2.75) is 96.2 Å². The van der Waals surface area contributed by atoms with Crippen LogP contribution >= 0.6 is 0 Å². The first-order chi connectivity index (χ1) is 21.2. The van der Waals surface area contributed by atoms with Gasteiger partial charge in [0.25, 0.3) is 0 Å². The maximum Gasteiger partial charge on any atom is 0.313 e. The fourth-order valence-corrected chi connectivity index (χ4v) is 7.88. The van der Waals surface area contributed by atoms with E-state index in [0.717, 1.165) is 0 Å². The number of carbonyl (C=O) groups excluding carboxylic acids is 4. The van der Waals surface area contributed by atoms with E-state index < -0.39 is 65.8 Å². The van der Waals surface area contributed by atoms with Gasteiger partial charge < -0.3 is 29.7 Å². The van der Waals surface area contributed by atoms with Crippen LogP contribution in [-0.4, -0.2) is 87.7 Å². The third-order valence-electron chi connectivity index (χ3n) is 9.37. The Hall–Kier alpha value is -3.50. The lowest BCUT2D eigenvalue weighted by molar-refractivity contribution is -0.160. The summed E-state index contributed by atoms with van der Waals surface area (Å²) in [6.07, 6.45) is 7.31. The lowest BCUT2D eigenvalue weighted by Crippen LogP contribution is -2.61. The molecule has 1 aromatic rings. The molecule has 0 radical (unpaired) electrons. The quantitative estimate of drug-likeness (QED) is 0.382. The fraction of sp³-hybridized carbons (Fsp3) is 0.600. The Balaban J connectivity index is 1.66. The van der Waals surface area contributed by atoms with Gasteiger partial charge >= 0.3 is 5.97 Å². The Morgan fingerprint density at radius 1 is 1.04 bits per heavy atom. The van der Waals surface area contributed by atoms with Crippen LogP contribution in [0, 0.1) is 17.3 Å². The molecule has 5 rings (SSSR count). The molecule has 45 heavy (non-hydrogen) atoms. The van der Waals surface area contributed by atoms with Gasteiger partial charge in [-0.1, -0.05) is 75.4 Å². The highest BCUT2D eigenvalue weighted by Gasteiger charge is 2.74. The number of aliphatic hydroxyl groups is 1. The zero-order valence-electron chi connectivity index (χ0n) is 27.2. The van der Waals surface area contributed by atoms with Crippen molar-refractivity contribution in [2.75, 3.05) is 19.7 Å². The summed E-state index contributed by atoms with van der Waals surface area (Å²) in [5.41, 5.74) is -1.53. The van der Waals surface area contributed by atoms with E-state index in [-0.39, 0.29) is 36.7 Å². The molecular formula is C35H47N3O7. The monoisotopic (exact) mass is 621 g/mol. The number of cyclic esters (lactones) is 1. The van der Waals surface area contributed by atoms with Gasteiger partial charge in [-0.3, -0.25) is 19.2 Å². The number of rotatable bonds is 5. The number of amides is 3. The van der Waals surface area contributed by atoms with Gasteiger partial charge in [-0.05, 0) is 44.6 Å². The van der Waals surface area contributed by atoms with Crippen LogP contribution in [0.4, 0.5) is 0 Å². The summed E-state index contributed by atoms with van der Waals surface area (Å²) in [5, 5.41) is 13.6. The van der Waals surface area contributed by atoms with E-state index in [1.165, 1.54) is 4.90 Å². The second-order valence-corrected chi connectivity index (χ2v) is 14.6. The molecule has 2 N–H and O–H groups in total. The van der Waals surface area contributed by atoms with Gasteiger partial charge in [0.15, 0.2) is 0 Å². The van der Waals surface area contributed by atoms with Crippen molar-refractivity contribution in [2.24, 2.45) is 17.3 Å². The highest BCUT2D eigenvalue weighted by molar-refractivity contribution is 5.99. The Kier molecular flexibility index (Phi) is 9.03. The molecule has 0 saturated carbocycles. The molecular weight excluding hydrogens is 574 g/mol. The number of likely N-dealkylation sites (tertiary alicyclic amines) is 1. The fourth-order valence-electron chi connectivity index (χ4n) is 7.88. The molecule has 1 aromatic carbocycles. The number of ether oxygens (including phenoxy) is 2. The molecule has 0 aromatic heterocycles. The highest BCUT2D eigenvalue weighted by Crippen LogP contribution is 2.57. The van der Waals surface area contributed by atoms with Gasteiger partial charge in [0.05, 0.1) is 31.2 Å². The summed E-state index contributed by atoms with van der Waals surface area (Å²) in [4.78, 5) is 59.3. The first kappa shape index (κ1) is 32.9. The normalized spacial score (nSPS) is 32.4. The van der Waals surface area contributed by atoms with Crippen LogP contribution in [0.1, 0.15) is 72.4 Å². The number of esters is 1. The summed E-state index contributed by atoms with van der Waals surface area (Å²) in [7, 11) is 0. The van der Waals surface area contributed by atoms with Gasteiger partial charge in [0, 0.05) is 18.5 Å². The molecule has 2 fully saturated rings. The molecule has 10 nitrogen and oxygen atoms in total. The summed E-state index contributed by atoms with van der Waals surface area (Å²) >= 11 is 0. The minimum absolute atomic E-state index is 0.128. The Bertz CT molecular complexity index is 1370. The lowest BCUT2D eigenvalue weighted by Gasteiger charge is -2.46. The molecule has 2 saturated heterocycles. The molecule has 0 unspecified atom stereocenters. The SMILES string of the molecule is C[C@@H]1CNC(=O)CC/C=C\CN(C(C)(C)CC(C)(C)C)C(=O)[C@@H]2N([C@H](CO)c3ccccc3)C(=O)[C@H]3[C@H](C(=O)O1)[C@@H]1C=C[C@]23O1. The maximum absolute atomic E-state index is 15.2. The summed E-state index contributed by atoms with van der Waals surface area (Å²) in [6, 6.07) is 7.15. The van der Waals surface area contributed by atoms with E-state index in [0.29, 0.717) is 18.4 Å². The predicted octanol–water partition coefficient (Wildman–Crippen LogP) is 3.31. The standard InChI is InChI=1S/C35H47N3O7/c1-22-19-36-26(40)15-11-8-12-18-37(34(5,6)21-33(2,3)4)31(42)29-35-17-16-25(45-35)27(32(43)44-22)28(35)30(41)38(29)24(20-39)23-13-9-7-10-14-23/h7-10,12-14,16-17,22,24-25,27-29,39H,11,15,18-21H2,1-6H3,(H,36,40)/b12-8-/t22-,24-,25+,27-,28-,29+,35-/m1/s1. The van der Waals surface area contributed by atoms with Crippen molar-refractivity contribution in [3.05, 3.63) is 60.2 Å². The third-order valence-corrected chi connectivity index (χ3v) is 9.37. The molecule has 4 heterocycles. The molecule has 1 spiro atoms. The van der Waals surface area contributed by atoms with Gasteiger partial charge in [0.1, 0.15) is 23.7 Å². The van der Waals surface area contributed by atoms with Gasteiger partial charge in [-0.15, -0.1) is 0 Å². The number of nitrogens with one attached hydrogen (secondary N) is 1. The van der Waals surface area contributed by atoms with Crippen molar-refractivity contribution in [3.63, 3.8) is 0 Å². The van der Waals surface area contributed by atoms with E-state index in [9.17, 15) is 19.5 Å². The van der Waals surface area contributed by atoms with Crippen LogP contribution in [0.5, 0.6) is 0 Å². The average Bonchev–Trinajstić information content (AvgIpc) is 3.60. The summed E-state index contributed by atoms with van der Waals surface area (Å²) in [5.74, 6) is -3.55. The first-order valence-corrected chi connectivity index (χ1v) is 16.0. The number of carbonyl (C=O) groups is 4. The maximum atomic E-state index is 15.2. The lowest BCUT2D eigenvalue weighted by atomic mass is 9.74. The van der Waals surface area contributed by atoms with Crippen molar-refractivity contribution >= 4 is 23.7 Å². The van der Waals surface area contributed by atoms with Crippen LogP contribution in [0.2, 0.25) is 0 Å². The van der Waals surface area contributed by atoms with Crippen molar-refractivity contribution in [1.82, 2.24) is 15.1 Å². The topological polar surface area (TPSA) is 125 Å². The molecule has 5 bridgehead atoms. The largest absolute Gasteiger partial charge is 0.460 e. The molecule has 3 amide bonds. The zero-order valence-corrected chi connectivity index (χ0v) is 27.2. The van der Waals surface area contributed by atoms with E-state index in [1.807, 2.05) is 56.3 Å². The molecule has 7 atom stereocenters. The van der Waals surface area contributed by atoms with Crippen molar-refractivity contribution in [1.29, 1.82) is 0 Å². The average molecular weight is 622 g/mol. The molecule has 10 heteroatoms. The smallest absolute Gasteiger partial charge is 0.313 e. The van der Waals surface area contributed by atoms with Gasteiger partial charge in [-0.25, -0.2) is 0 Å². The molecule has 4 aliphatic heterocycles. The van der Waals surface area contributed by atoms with Crippen molar-refractivity contribution < 1.29 is 33.8 Å². The molecule has 4 aliphatic rings. The van der Waals surface area contributed by atoms with Crippen LogP contribution in [0.25, 0.3) is 0 Å². The van der Waals surface area contributed by atoms with Gasteiger partial charge in [0.2, 0.25) is 17.7 Å². The van der Waals surface area contributed by atoms with Crippen LogP contribution < -0.4 is 5.32 Å². The number of hydrogen-bond acceptors (Lipinski definition) is 7. The number of nitrogens with zero attached hydrogens (tertiary/aromatic N) is 2. The summed E-state index contributed by atoms with van der Waals surface area (Å²) < 4.78 is 12.3. The second kappa shape index (κ2) is 12.4. The highest BCUT2D eigenvalue weighted by atomic mass is 16.6.